The molecule has 2 heterocycles. The van der Waals surface area contributed by atoms with E-state index in [1.54, 1.807) is 0 Å². The van der Waals surface area contributed by atoms with Crippen LogP contribution >= 0.6 is 0 Å². The quantitative estimate of drug-likeness (QED) is 0.804. The van der Waals surface area contributed by atoms with Crippen LogP contribution in [0.15, 0.2) is 12.3 Å². The molecule has 0 saturated heterocycles. The molecule has 0 saturated carbocycles. The van der Waals surface area contributed by atoms with Crippen LogP contribution in [0.4, 0.5) is 0 Å². The first kappa shape index (κ1) is 14.2. The second kappa shape index (κ2) is 4.39. The van der Waals surface area contributed by atoms with Crippen molar-refractivity contribution in [2.45, 2.75) is 59.9 Å². The molecule has 4 heteroatoms. The van der Waals surface area contributed by atoms with Crippen molar-refractivity contribution in [1.29, 1.82) is 0 Å². The molecule has 112 valence electrons. The first-order valence-corrected chi connectivity index (χ1v) is 7.58. The number of aromatic nitrogens is 4. The predicted molar refractivity (Wildman–Crippen MR) is 84.2 cm³/mol. The summed E-state index contributed by atoms with van der Waals surface area (Å²) in [6.45, 7) is 13.2. The average Bonchev–Trinajstić information content (AvgIpc) is 2.85. The molecule has 0 unspecified atom stereocenters. The highest BCUT2D eigenvalue weighted by Crippen LogP contribution is 2.36. The molecule has 0 aliphatic heterocycles. The van der Waals surface area contributed by atoms with Crippen molar-refractivity contribution in [3.63, 3.8) is 0 Å². The zero-order chi connectivity index (χ0) is 15.4. The van der Waals surface area contributed by atoms with E-state index < -0.39 is 0 Å². The highest BCUT2D eigenvalue weighted by atomic mass is 15.3. The molecule has 0 amide bonds. The van der Waals surface area contributed by atoms with Crippen molar-refractivity contribution in [2.75, 3.05) is 0 Å². The van der Waals surface area contributed by atoms with E-state index in [0.29, 0.717) is 5.41 Å². The van der Waals surface area contributed by atoms with Crippen LogP contribution in [0.3, 0.4) is 0 Å². The third kappa shape index (κ3) is 2.47. The van der Waals surface area contributed by atoms with Gasteiger partial charge in [-0.1, -0.05) is 13.8 Å². The molecule has 2 aromatic rings. The molecule has 21 heavy (non-hydrogen) atoms. The van der Waals surface area contributed by atoms with E-state index in [0.717, 1.165) is 35.5 Å². The second-order valence-electron chi connectivity index (χ2n) is 7.95. The lowest BCUT2D eigenvalue weighted by Crippen LogP contribution is -2.24. The van der Waals surface area contributed by atoms with Crippen LogP contribution in [0.5, 0.6) is 0 Å². The van der Waals surface area contributed by atoms with E-state index >= 15 is 0 Å². The summed E-state index contributed by atoms with van der Waals surface area (Å²) in [5.74, 6) is 0. The molecular formula is C17H24N4. The monoisotopic (exact) mass is 284 g/mol. The van der Waals surface area contributed by atoms with E-state index in [2.05, 4.69) is 67.6 Å². The van der Waals surface area contributed by atoms with E-state index in [1.807, 2.05) is 6.20 Å². The van der Waals surface area contributed by atoms with Gasteiger partial charge in [-0.3, -0.25) is 4.68 Å². The Bertz CT molecular complexity index is 689. The van der Waals surface area contributed by atoms with Gasteiger partial charge in [-0.05, 0) is 57.6 Å². The summed E-state index contributed by atoms with van der Waals surface area (Å²) in [7, 11) is 0. The zero-order valence-corrected chi connectivity index (χ0v) is 13.9. The number of hydrogen-bond donors (Lipinski definition) is 0. The molecule has 2 aromatic heterocycles. The smallest absolute Gasteiger partial charge is 0.0966 e. The van der Waals surface area contributed by atoms with Crippen molar-refractivity contribution in [1.82, 2.24) is 20.0 Å². The Morgan fingerprint density at radius 1 is 1.14 bits per heavy atom. The fraction of sp³-hybridized carbons (Fsp3) is 0.588. The summed E-state index contributed by atoms with van der Waals surface area (Å²) in [6, 6.07) is 2.20. The molecule has 3 rings (SSSR count). The number of fused-ring (bicyclic) bond motifs is 1. The lowest BCUT2D eigenvalue weighted by molar-refractivity contribution is 0.348. The van der Waals surface area contributed by atoms with Gasteiger partial charge in [0, 0.05) is 11.3 Å². The van der Waals surface area contributed by atoms with Crippen molar-refractivity contribution in [3.8, 4) is 11.3 Å². The van der Waals surface area contributed by atoms with E-state index in [9.17, 15) is 0 Å². The fourth-order valence-electron chi connectivity index (χ4n) is 3.26. The Kier molecular flexibility index (Phi) is 2.98. The normalized spacial score (nSPS) is 17.0. The van der Waals surface area contributed by atoms with Gasteiger partial charge in [0.1, 0.15) is 0 Å². The van der Waals surface area contributed by atoms with Gasteiger partial charge in [0.15, 0.2) is 0 Å². The summed E-state index contributed by atoms with van der Waals surface area (Å²) in [4.78, 5) is 0. The standard InChI is InChI=1S/C17H24N4/c1-11-13(10-18-21(11)16(2,3)4)14-7-12-8-17(5,6)9-15(12)20-19-14/h7,10H,8-9H2,1-6H3. The number of rotatable bonds is 1. The molecule has 0 atom stereocenters. The Balaban J connectivity index is 2.02. The van der Waals surface area contributed by atoms with E-state index in [1.165, 1.54) is 5.56 Å². The van der Waals surface area contributed by atoms with E-state index in [4.69, 9.17) is 0 Å². The Morgan fingerprint density at radius 3 is 2.48 bits per heavy atom. The van der Waals surface area contributed by atoms with Gasteiger partial charge >= 0.3 is 0 Å². The van der Waals surface area contributed by atoms with Gasteiger partial charge in [-0.25, -0.2) is 0 Å². The van der Waals surface area contributed by atoms with Gasteiger partial charge < -0.3 is 0 Å². The number of nitrogens with zero attached hydrogens (tertiary/aromatic N) is 4. The maximum atomic E-state index is 4.53. The van der Waals surface area contributed by atoms with Gasteiger partial charge in [-0.2, -0.15) is 15.3 Å². The highest BCUT2D eigenvalue weighted by molar-refractivity contribution is 5.62. The molecule has 0 spiro atoms. The molecule has 1 aliphatic carbocycles. The van der Waals surface area contributed by atoms with Crippen LogP contribution < -0.4 is 0 Å². The third-order valence-electron chi connectivity index (χ3n) is 4.20. The SMILES string of the molecule is Cc1c(-c2cc3c(nn2)CC(C)(C)C3)cnn1C(C)(C)C. The third-order valence-corrected chi connectivity index (χ3v) is 4.20. The summed E-state index contributed by atoms with van der Waals surface area (Å²) in [5, 5.41) is 13.4. The first-order valence-electron chi connectivity index (χ1n) is 7.58. The molecule has 0 bridgehead atoms. The summed E-state index contributed by atoms with van der Waals surface area (Å²) < 4.78 is 2.06. The topological polar surface area (TPSA) is 43.6 Å². The molecule has 1 aliphatic rings. The second-order valence-corrected chi connectivity index (χ2v) is 7.95. The van der Waals surface area contributed by atoms with Crippen LogP contribution in [0.2, 0.25) is 0 Å². The predicted octanol–water partition coefficient (Wildman–Crippen LogP) is 3.53. The fourth-order valence-corrected chi connectivity index (χ4v) is 3.26. The Labute approximate surface area is 126 Å². The van der Waals surface area contributed by atoms with Gasteiger partial charge in [0.05, 0.1) is 23.1 Å². The minimum Gasteiger partial charge on any atom is -0.264 e. The van der Waals surface area contributed by atoms with Crippen molar-refractivity contribution in [2.24, 2.45) is 5.41 Å². The van der Waals surface area contributed by atoms with Crippen molar-refractivity contribution >= 4 is 0 Å². The van der Waals surface area contributed by atoms with Crippen LogP contribution in [-0.2, 0) is 18.4 Å². The minimum atomic E-state index is -0.0194. The van der Waals surface area contributed by atoms with Crippen LogP contribution in [0.1, 0.15) is 51.6 Å². The highest BCUT2D eigenvalue weighted by Gasteiger charge is 2.30. The molecule has 0 fully saturated rings. The van der Waals surface area contributed by atoms with Crippen molar-refractivity contribution in [3.05, 3.63) is 29.2 Å². The Morgan fingerprint density at radius 2 is 1.86 bits per heavy atom. The van der Waals surface area contributed by atoms with Gasteiger partial charge in [0.2, 0.25) is 0 Å². The number of hydrogen-bond acceptors (Lipinski definition) is 3. The molecule has 0 N–H and O–H groups in total. The summed E-state index contributed by atoms with van der Waals surface area (Å²) >= 11 is 0. The molecule has 0 radical (unpaired) electrons. The molecule has 4 nitrogen and oxygen atoms in total. The molecular weight excluding hydrogens is 260 g/mol. The Hall–Kier alpha value is -1.71. The first-order chi connectivity index (χ1) is 9.67. The average molecular weight is 284 g/mol. The van der Waals surface area contributed by atoms with Crippen LogP contribution in [0, 0.1) is 12.3 Å². The van der Waals surface area contributed by atoms with Gasteiger partial charge in [0.25, 0.3) is 0 Å². The van der Waals surface area contributed by atoms with E-state index in [-0.39, 0.29) is 5.54 Å². The lowest BCUT2D eigenvalue weighted by Gasteiger charge is -2.21. The van der Waals surface area contributed by atoms with Crippen molar-refractivity contribution < 1.29 is 0 Å². The minimum absolute atomic E-state index is 0.0194. The zero-order valence-electron chi connectivity index (χ0n) is 13.9. The summed E-state index contributed by atoms with van der Waals surface area (Å²) in [5.41, 5.74) is 5.96. The lowest BCUT2D eigenvalue weighted by atomic mass is 9.90. The van der Waals surface area contributed by atoms with Crippen LogP contribution in [-0.4, -0.2) is 20.0 Å². The molecule has 0 aromatic carbocycles. The largest absolute Gasteiger partial charge is 0.264 e. The maximum Gasteiger partial charge on any atom is 0.0966 e. The summed E-state index contributed by atoms with van der Waals surface area (Å²) in [6.07, 6.45) is 4.02. The van der Waals surface area contributed by atoms with Crippen LogP contribution in [0.25, 0.3) is 11.3 Å². The maximum absolute atomic E-state index is 4.53. The van der Waals surface area contributed by atoms with Gasteiger partial charge in [-0.15, -0.1) is 0 Å².